The van der Waals surface area contributed by atoms with Gasteiger partial charge < -0.3 is 0 Å². The van der Waals surface area contributed by atoms with Crippen LogP contribution in [0.5, 0.6) is 0 Å². The lowest BCUT2D eigenvalue weighted by atomic mass is 9.64. The first-order valence-corrected chi connectivity index (χ1v) is 8.65. The van der Waals surface area contributed by atoms with Gasteiger partial charge in [0.15, 0.2) is 0 Å². The van der Waals surface area contributed by atoms with E-state index in [2.05, 4.69) is 72.9 Å². The van der Waals surface area contributed by atoms with Crippen LogP contribution in [0.15, 0.2) is 84.0 Å². The zero-order chi connectivity index (χ0) is 15.1. The summed E-state index contributed by atoms with van der Waals surface area (Å²) in [6.45, 7) is 0. The summed E-state index contributed by atoms with van der Waals surface area (Å²) in [6.07, 6.45) is 22.7. The Kier molecular flexibility index (Phi) is 1.98. The molecule has 0 amide bonds. The van der Waals surface area contributed by atoms with Crippen molar-refractivity contribution in [3.05, 3.63) is 94.5 Å². The summed E-state index contributed by atoms with van der Waals surface area (Å²) in [6, 6.07) is 9.04. The molecule has 2 atom stereocenters. The molecule has 0 heterocycles. The van der Waals surface area contributed by atoms with Crippen molar-refractivity contribution in [1.82, 2.24) is 0 Å². The van der Waals surface area contributed by atoms with E-state index in [-0.39, 0.29) is 10.8 Å². The fourth-order valence-electron chi connectivity index (χ4n) is 5.49. The summed E-state index contributed by atoms with van der Waals surface area (Å²) in [7, 11) is 0. The van der Waals surface area contributed by atoms with Gasteiger partial charge in [0.1, 0.15) is 0 Å². The van der Waals surface area contributed by atoms with E-state index >= 15 is 0 Å². The molecular weight excluding hydrogens is 276 g/mol. The molecule has 0 fully saturated rings. The molecule has 0 radical (unpaired) electrons. The molecule has 0 N–H and O–H groups in total. The summed E-state index contributed by atoms with van der Waals surface area (Å²) < 4.78 is 0. The summed E-state index contributed by atoms with van der Waals surface area (Å²) in [5, 5.41) is 2.93. The summed E-state index contributed by atoms with van der Waals surface area (Å²) in [5.41, 5.74) is 6.38. The number of hydrogen-bond acceptors (Lipinski definition) is 0. The molecule has 6 rings (SSSR count). The molecule has 2 spiro atoms. The minimum absolute atomic E-state index is 0.114. The second kappa shape index (κ2) is 3.76. The molecule has 1 aromatic rings. The normalized spacial score (nSPS) is 34.6. The lowest BCUT2D eigenvalue weighted by Crippen LogP contribution is -2.41. The molecule has 0 heteroatoms. The van der Waals surface area contributed by atoms with Crippen LogP contribution in [0.1, 0.15) is 19.3 Å². The first-order valence-electron chi connectivity index (χ1n) is 8.65. The Morgan fingerprint density at radius 1 is 0.957 bits per heavy atom. The van der Waals surface area contributed by atoms with E-state index in [0.29, 0.717) is 0 Å². The standard InChI is InChI=1S/C23H18/c1-2-9-18-17(8-1)19-13-16-7-3-5-11-22(16)14-21(19)23(15-22)12-6-4-10-20(18)23/h1-3,5-9,11-14H,4,10,15H2. The lowest BCUT2D eigenvalue weighted by Gasteiger charge is -2.39. The summed E-state index contributed by atoms with van der Waals surface area (Å²) in [5.74, 6) is 0. The molecule has 110 valence electrons. The maximum absolute atomic E-state index is 2.57. The van der Waals surface area contributed by atoms with Gasteiger partial charge in [-0.2, -0.15) is 0 Å². The number of benzene rings is 1. The molecule has 0 nitrogen and oxygen atoms in total. The fraction of sp³-hybridized carbons (Fsp3) is 0.217. The van der Waals surface area contributed by atoms with E-state index in [1.807, 2.05) is 0 Å². The van der Waals surface area contributed by atoms with Gasteiger partial charge in [-0.1, -0.05) is 66.8 Å². The van der Waals surface area contributed by atoms with Gasteiger partial charge >= 0.3 is 0 Å². The largest absolute Gasteiger partial charge is 0.0870 e. The SMILES string of the molecule is C1=CC2=CC3=c4ccccc4=C4CCC=CC45CC2(C=C1)C=C35. The summed E-state index contributed by atoms with van der Waals surface area (Å²) >= 11 is 0. The van der Waals surface area contributed by atoms with Crippen molar-refractivity contribution in [2.24, 2.45) is 10.8 Å². The van der Waals surface area contributed by atoms with Crippen molar-refractivity contribution in [3.63, 3.8) is 0 Å². The van der Waals surface area contributed by atoms with Gasteiger partial charge in [0.2, 0.25) is 0 Å². The van der Waals surface area contributed by atoms with Crippen LogP contribution in [0.3, 0.4) is 0 Å². The third kappa shape index (κ3) is 1.26. The van der Waals surface area contributed by atoms with E-state index in [1.54, 1.807) is 11.1 Å². The number of fused-ring (bicyclic) bond motifs is 1. The fourth-order valence-corrected chi connectivity index (χ4v) is 5.49. The lowest BCUT2D eigenvalue weighted by molar-refractivity contribution is 0.456. The van der Waals surface area contributed by atoms with Crippen LogP contribution in [0.2, 0.25) is 0 Å². The van der Waals surface area contributed by atoms with Crippen molar-refractivity contribution in [2.45, 2.75) is 19.3 Å². The van der Waals surface area contributed by atoms with Gasteiger partial charge in [-0.3, -0.25) is 0 Å². The van der Waals surface area contributed by atoms with Gasteiger partial charge in [0, 0.05) is 10.8 Å². The smallest absolute Gasteiger partial charge is 0.0368 e. The van der Waals surface area contributed by atoms with Crippen LogP contribution < -0.4 is 10.4 Å². The Balaban J connectivity index is 1.85. The quantitative estimate of drug-likeness (QED) is 0.640. The Morgan fingerprint density at radius 3 is 2.83 bits per heavy atom. The third-order valence-corrected chi connectivity index (χ3v) is 6.41. The maximum atomic E-state index is 2.57. The second-order valence-electron chi connectivity index (χ2n) is 7.44. The molecule has 5 aliphatic carbocycles. The molecule has 1 aromatic carbocycles. The number of allylic oxidation sites excluding steroid dienone is 10. The highest BCUT2D eigenvalue weighted by atomic mass is 14.6. The zero-order valence-electron chi connectivity index (χ0n) is 13.0. The van der Waals surface area contributed by atoms with Gasteiger partial charge in [-0.15, -0.1) is 0 Å². The maximum Gasteiger partial charge on any atom is 0.0368 e. The van der Waals surface area contributed by atoms with Crippen LogP contribution in [-0.4, -0.2) is 0 Å². The van der Waals surface area contributed by atoms with E-state index < -0.39 is 0 Å². The molecule has 0 saturated heterocycles. The molecule has 2 bridgehead atoms. The monoisotopic (exact) mass is 294 g/mol. The number of rotatable bonds is 0. The Bertz CT molecular complexity index is 1040. The zero-order valence-corrected chi connectivity index (χ0v) is 13.0. The molecule has 0 saturated carbocycles. The number of hydrogen-bond donors (Lipinski definition) is 0. The van der Waals surface area contributed by atoms with Crippen molar-refractivity contribution in [3.8, 4) is 0 Å². The Hall–Kier alpha value is -2.34. The van der Waals surface area contributed by atoms with Crippen LogP contribution in [0.4, 0.5) is 0 Å². The van der Waals surface area contributed by atoms with Gasteiger partial charge in [-0.05, 0) is 58.1 Å². The van der Waals surface area contributed by atoms with E-state index in [0.717, 1.165) is 0 Å². The highest BCUT2D eigenvalue weighted by Crippen LogP contribution is 2.65. The predicted molar refractivity (Wildman–Crippen MR) is 94.8 cm³/mol. The van der Waals surface area contributed by atoms with E-state index in [1.165, 1.54) is 40.8 Å². The minimum Gasteiger partial charge on any atom is -0.0870 e. The third-order valence-electron chi connectivity index (χ3n) is 6.41. The predicted octanol–water partition coefficient (Wildman–Crippen LogP) is 3.72. The van der Waals surface area contributed by atoms with Gasteiger partial charge in [-0.25, -0.2) is 0 Å². The Morgan fingerprint density at radius 2 is 1.87 bits per heavy atom. The molecular formula is C23H18. The average molecular weight is 294 g/mol. The molecule has 0 aliphatic heterocycles. The van der Waals surface area contributed by atoms with Crippen molar-refractivity contribution in [1.29, 1.82) is 0 Å². The first-order chi connectivity index (χ1) is 11.3. The minimum atomic E-state index is 0.114. The first kappa shape index (κ1) is 12.1. The average Bonchev–Trinajstić information content (AvgIpc) is 2.88. The Labute approximate surface area is 136 Å². The molecule has 5 aliphatic rings. The molecule has 2 unspecified atom stereocenters. The molecule has 23 heavy (non-hydrogen) atoms. The highest BCUT2D eigenvalue weighted by molar-refractivity contribution is 5.90. The highest BCUT2D eigenvalue weighted by Gasteiger charge is 2.54. The van der Waals surface area contributed by atoms with Crippen LogP contribution in [0, 0.1) is 10.8 Å². The van der Waals surface area contributed by atoms with Gasteiger partial charge in [0.25, 0.3) is 0 Å². The van der Waals surface area contributed by atoms with Crippen LogP contribution in [-0.2, 0) is 0 Å². The summed E-state index contributed by atoms with van der Waals surface area (Å²) in [4.78, 5) is 0. The van der Waals surface area contributed by atoms with E-state index in [4.69, 9.17) is 0 Å². The molecule has 0 aromatic heterocycles. The topological polar surface area (TPSA) is 0 Å². The van der Waals surface area contributed by atoms with Gasteiger partial charge in [0.05, 0.1) is 0 Å². The van der Waals surface area contributed by atoms with Crippen LogP contribution >= 0.6 is 0 Å². The van der Waals surface area contributed by atoms with Crippen molar-refractivity contribution in [2.75, 3.05) is 0 Å². The van der Waals surface area contributed by atoms with Crippen molar-refractivity contribution < 1.29 is 0 Å². The second-order valence-corrected chi connectivity index (χ2v) is 7.44. The van der Waals surface area contributed by atoms with E-state index in [9.17, 15) is 0 Å². The van der Waals surface area contributed by atoms with Crippen LogP contribution in [0.25, 0.3) is 11.1 Å². The van der Waals surface area contributed by atoms with Crippen molar-refractivity contribution >= 4 is 11.1 Å².